The molecule has 3 rings (SSSR count). The van der Waals surface area contributed by atoms with Gasteiger partial charge in [-0.15, -0.1) is 0 Å². The molecule has 1 fully saturated rings. The number of halogens is 1. The summed E-state index contributed by atoms with van der Waals surface area (Å²) in [6.45, 7) is 4.76. The maximum Gasteiger partial charge on any atom is 0.295 e. The quantitative estimate of drug-likeness (QED) is 0.0921. The van der Waals surface area contributed by atoms with E-state index in [9.17, 15) is 14.7 Å². The molecule has 1 N–H and O–H groups in total. The number of unbranched alkanes of at least 4 members (excludes halogenated alkanes) is 13. The van der Waals surface area contributed by atoms with E-state index in [-0.39, 0.29) is 11.3 Å². The molecule has 1 atom stereocenters. The standard InChI is InChI=1S/C34H46ClNO3/c1-3-4-5-6-7-8-9-10-11-12-13-14-15-16-25-36-31(27-19-17-26(2)18-20-27)30(33(38)34(36)39)32(37)28-21-23-29(35)24-22-28/h17-24,31,37H,3-16,25H2,1-2H3/b32-30+/t31-/m1/s1. The second-order valence-corrected chi connectivity index (χ2v) is 11.4. The van der Waals surface area contributed by atoms with Crippen LogP contribution >= 0.6 is 11.6 Å². The van der Waals surface area contributed by atoms with Crippen molar-refractivity contribution in [2.45, 2.75) is 110 Å². The van der Waals surface area contributed by atoms with Crippen LogP contribution in [0.4, 0.5) is 0 Å². The lowest BCUT2D eigenvalue weighted by atomic mass is 9.94. The van der Waals surface area contributed by atoms with Crippen molar-refractivity contribution in [3.05, 3.63) is 75.8 Å². The van der Waals surface area contributed by atoms with Gasteiger partial charge in [-0.2, -0.15) is 0 Å². The first kappa shape index (κ1) is 30.9. The van der Waals surface area contributed by atoms with E-state index in [0.29, 0.717) is 17.1 Å². The van der Waals surface area contributed by atoms with Crippen LogP contribution in [0.15, 0.2) is 54.1 Å². The number of carbonyl (C=O) groups excluding carboxylic acids is 2. The molecule has 1 heterocycles. The van der Waals surface area contributed by atoms with Gasteiger partial charge in [0.2, 0.25) is 0 Å². The number of rotatable bonds is 17. The zero-order valence-electron chi connectivity index (χ0n) is 23.9. The molecule has 2 aromatic rings. The SMILES string of the molecule is CCCCCCCCCCCCCCCCN1C(=O)C(=O)/C(=C(/O)c2ccc(Cl)cc2)[C@H]1c1ccc(C)cc1. The maximum atomic E-state index is 13.2. The molecule has 0 saturated carbocycles. The van der Waals surface area contributed by atoms with E-state index >= 15 is 0 Å². The fourth-order valence-electron chi connectivity index (χ4n) is 5.45. The third-order valence-electron chi connectivity index (χ3n) is 7.80. The number of Topliss-reactive ketones (excluding diaryl/α,β-unsaturated/α-hetero) is 1. The average Bonchev–Trinajstić information content (AvgIpc) is 3.18. The van der Waals surface area contributed by atoms with Crippen molar-refractivity contribution in [3.8, 4) is 0 Å². The van der Waals surface area contributed by atoms with Crippen LogP contribution in [0.2, 0.25) is 5.02 Å². The number of hydrogen-bond donors (Lipinski definition) is 1. The molecule has 0 unspecified atom stereocenters. The number of aryl methyl sites for hydroxylation is 1. The van der Waals surface area contributed by atoms with Crippen LogP contribution in [-0.4, -0.2) is 28.2 Å². The number of amides is 1. The zero-order chi connectivity index (χ0) is 28.0. The van der Waals surface area contributed by atoms with Gasteiger partial charge in [-0.05, 0) is 43.2 Å². The smallest absolute Gasteiger partial charge is 0.295 e. The molecule has 212 valence electrons. The maximum absolute atomic E-state index is 13.2. The normalized spacial score (nSPS) is 16.8. The minimum Gasteiger partial charge on any atom is -0.507 e. The fourth-order valence-corrected chi connectivity index (χ4v) is 5.57. The van der Waals surface area contributed by atoms with E-state index in [0.717, 1.165) is 30.4 Å². The number of hydrogen-bond acceptors (Lipinski definition) is 3. The number of benzene rings is 2. The summed E-state index contributed by atoms with van der Waals surface area (Å²) in [5, 5.41) is 11.7. The van der Waals surface area contributed by atoms with Gasteiger partial charge in [0.15, 0.2) is 0 Å². The van der Waals surface area contributed by atoms with Gasteiger partial charge >= 0.3 is 0 Å². The van der Waals surface area contributed by atoms with Crippen molar-refractivity contribution in [1.82, 2.24) is 4.90 Å². The second kappa shape index (κ2) is 16.5. The van der Waals surface area contributed by atoms with Crippen molar-refractivity contribution in [2.75, 3.05) is 6.54 Å². The molecule has 0 bridgehead atoms. The van der Waals surface area contributed by atoms with Gasteiger partial charge in [0.1, 0.15) is 5.76 Å². The van der Waals surface area contributed by atoms with E-state index in [1.165, 1.54) is 70.6 Å². The Hall–Kier alpha value is -2.59. The Morgan fingerprint density at radius 1 is 0.744 bits per heavy atom. The lowest BCUT2D eigenvalue weighted by Crippen LogP contribution is -2.30. The summed E-state index contributed by atoms with van der Waals surface area (Å²) in [5.41, 5.74) is 2.56. The largest absolute Gasteiger partial charge is 0.507 e. The highest BCUT2D eigenvalue weighted by Gasteiger charge is 2.45. The molecule has 5 heteroatoms. The van der Waals surface area contributed by atoms with Crippen molar-refractivity contribution in [2.24, 2.45) is 0 Å². The number of ketones is 1. The molecule has 1 aliphatic heterocycles. The number of aliphatic hydroxyl groups excluding tert-OH is 1. The summed E-state index contributed by atoms with van der Waals surface area (Å²) in [6, 6.07) is 13.9. The summed E-state index contributed by atoms with van der Waals surface area (Å²) in [6.07, 6.45) is 17.7. The second-order valence-electron chi connectivity index (χ2n) is 11.0. The van der Waals surface area contributed by atoms with Gasteiger partial charge in [0, 0.05) is 17.1 Å². The Morgan fingerprint density at radius 3 is 1.74 bits per heavy atom. The van der Waals surface area contributed by atoms with Gasteiger partial charge in [-0.3, -0.25) is 9.59 Å². The van der Waals surface area contributed by atoms with Crippen LogP contribution in [0.3, 0.4) is 0 Å². The Kier molecular flexibility index (Phi) is 13.1. The first-order valence-corrected chi connectivity index (χ1v) is 15.4. The third-order valence-corrected chi connectivity index (χ3v) is 8.06. The molecule has 1 amide bonds. The average molecular weight is 552 g/mol. The molecule has 2 aromatic carbocycles. The molecular formula is C34H46ClNO3. The summed E-state index contributed by atoms with van der Waals surface area (Å²) in [4.78, 5) is 27.9. The van der Waals surface area contributed by atoms with Gasteiger partial charge in [0.05, 0.1) is 11.6 Å². The number of carbonyl (C=O) groups is 2. The Bertz CT molecular complexity index is 1070. The van der Waals surface area contributed by atoms with Gasteiger partial charge < -0.3 is 10.0 Å². The zero-order valence-corrected chi connectivity index (χ0v) is 24.6. The highest BCUT2D eigenvalue weighted by atomic mass is 35.5. The fraction of sp³-hybridized carbons (Fsp3) is 0.529. The predicted molar refractivity (Wildman–Crippen MR) is 162 cm³/mol. The van der Waals surface area contributed by atoms with E-state index in [2.05, 4.69) is 6.92 Å². The molecule has 0 aliphatic carbocycles. The van der Waals surface area contributed by atoms with Crippen LogP contribution in [-0.2, 0) is 9.59 Å². The summed E-state index contributed by atoms with van der Waals surface area (Å²) < 4.78 is 0. The number of likely N-dealkylation sites (tertiary alicyclic amines) is 1. The van der Waals surface area contributed by atoms with E-state index in [4.69, 9.17) is 11.6 Å². The minimum atomic E-state index is -0.626. The highest BCUT2D eigenvalue weighted by Crippen LogP contribution is 2.39. The van der Waals surface area contributed by atoms with Gasteiger partial charge in [0.25, 0.3) is 11.7 Å². The topological polar surface area (TPSA) is 57.6 Å². The monoisotopic (exact) mass is 551 g/mol. The van der Waals surface area contributed by atoms with Crippen LogP contribution in [0, 0.1) is 6.92 Å². The van der Waals surface area contributed by atoms with Crippen LogP contribution < -0.4 is 0 Å². The number of nitrogens with zero attached hydrogens (tertiary/aromatic N) is 1. The molecule has 4 nitrogen and oxygen atoms in total. The van der Waals surface area contributed by atoms with E-state index in [1.807, 2.05) is 31.2 Å². The van der Waals surface area contributed by atoms with E-state index < -0.39 is 17.7 Å². The molecule has 39 heavy (non-hydrogen) atoms. The van der Waals surface area contributed by atoms with Gasteiger partial charge in [-0.1, -0.05) is 132 Å². The Labute approximate surface area is 240 Å². The van der Waals surface area contributed by atoms with E-state index in [1.54, 1.807) is 29.2 Å². The van der Waals surface area contributed by atoms with Gasteiger partial charge in [-0.25, -0.2) is 0 Å². The lowest BCUT2D eigenvalue weighted by Gasteiger charge is -2.25. The summed E-state index contributed by atoms with van der Waals surface area (Å²) in [7, 11) is 0. The lowest BCUT2D eigenvalue weighted by molar-refractivity contribution is -0.139. The molecule has 1 aliphatic rings. The minimum absolute atomic E-state index is 0.150. The predicted octanol–water partition coefficient (Wildman–Crippen LogP) is 9.55. The van der Waals surface area contributed by atoms with Crippen molar-refractivity contribution in [3.63, 3.8) is 0 Å². The molecule has 0 radical (unpaired) electrons. The van der Waals surface area contributed by atoms with Crippen LogP contribution in [0.5, 0.6) is 0 Å². The number of aliphatic hydroxyl groups is 1. The van der Waals surface area contributed by atoms with Crippen molar-refractivity contribution >= 4 is 29.1 Å². The molecular weight excluding hydrogens is 506 g/mol. The highest BCUT2D eigenvalue weighted by molar-refractivity contribution is 6.46. The summed E-state index contributed by atoms with van der Waals surface area (Å²) >= 11 is 6.01. The summed E-state index contributed by atoms with van der Waals surface area (Å²) in [5.74, 6) is -1.32. The van der Waals surface area contributed by atoms with Crippen molar-refractivity contribution < 1.29 is 14.7 Å². The molecule has 0 spiro atoms. The van der Waals surface area contributed by atoms with Crippen LogP contribution in [0.1, 0.15) is 120 Å². The third kappa shape index (κ3) is 9.24. The Morgan fingerprint density at radius 2 is 1.23 bits per heavy atom. The Balaban J connectivity index is 1.52. The van der Waals surface area contributed by atoms with Crippen molar-refractivity contribution in [1.29, 1.82) is 0 Å². The molecule has 1 saturated heterocycles. The first-order valence-electron chi connectivity index (χ1n) is 15.0. The van der Waals surface area contributed by atoms with Crippen LogP contribution in [0.25, 0.3) is 5.76 Å². The molecule has 0 aromatic heterocycles. The first-order chi connectivity index (χ1) is 18.9.